The summed E-state index contributed by atoms with van der Waals surface area (Å²) in [5.74, 6) is 0. The standard InChI is InChI=1S/C21H25NO5S/c1-14-9-11-15(12-10-14)19(27-28(24)25)18-13-16-7-5-6-8-17(16)22(18)20(23)26-21(2,3)4/h5-12,18-19H,13H2,1-4H3,(H,24,25)/p-1. The van der Waals surface area contributed by atoms with E-state index in [0.717, 1.165) is 11.1 Å². The molecule has 1 aliphatic heterocycles. The number of hydrogen-bond donors (Lipinski definition) is 0. The van der Waals surface area contributed by atoms with E-state index in [4.69, 9.17) is 8.92 Å². The molecule has 150 valence electrons. The molecule has 3 rings (SSSR count). The molecule has 0 aromatic heterocycles. The quantitative estimate of drug-likeness (QED) is 0.716. The van der Waals surface area contributed by atoms with Crippen molar-refractivity contribution in [1.82, 2.24) is 0 Å². The van der Waals surface area contributed by atoms with Gasteiger partial charge < -0.3 is 9.29 Å². The Labute approximate surface area is 168 Å². The van der Waals surface area contributed by atoms with Gasteiger partial charge in [0.2, 0.25) is 0 Å². The largest absolute Gasteiger partial charge is 0.750 e. The summed E-state index contributed by atoms with van der Waals surface area (Å²) in [5, 5.41) is 0. The zero-order valence-electron chi connectivity index (χ0n) is 16.4. The minimum absolute atomic E-state index is 0.463. The number of ether oxygens (including phenoxy) is 1. The number of benzene rings is 2. The van der Waals surface area contributed by atoms with Gasteiger partial charge in [-0.3, -0.25) is 9.08 Å². The molecule has 0 bridgehead atoms. The van der Waals surface area contributed by atoms with E-state index in [1.807, 2.05) is 55.5 Å². The van der Waals surface area contributed by atoms with Crippen LogP contribution in [-0.4, -0.2) is 26.5 Å². The zero-order chi connectivity index (χ0) is 20.5. The molecular formula is C21H24NO5S-. The smallest absolute Gasteiger partial charge is 0.415 e. The lowest BCUT2D eigenvalue weighted by Crippen LogP contribution is -2.45. The third-order valence-electron chi connectivity index (χ3n) is 4.54. The molecule has 0 saturated carbocycles. The lowest BCUT2D eigenvalue weighted by Gasteiger charge is -2.33. The van der Waals surface area contributed by atoms with E-state index >= 15 is 0 Å². The zero-order valence-corrected chi connectivity index (χ0v) is 17.2. The summed E-state index contributed by atoms with van der Waals surface area (Å²) >= 11 is -2.74. The summed E-state index contributed by atoms with van der Waals surface area (Å²) < 4.78 is 33.7. The average molecular weight is 402 g/mol. The van der Waals surface area contributed by atoms with Crippen molar-refractivity contribution in [2.45, 2.75) is 51.9 Å². The summed E-state index contributed by atoms with van der Waals surface area (Å²) in [6.45, 7) is 7.33. The Bertz CT molecular complexity index is 875. The van der Waals surface area contributed by atoms with Crippen molar-refractivity contribution >= 4 is 23.1 Å². The Morgan fingerprint density at radius 3 is 2.43 bits per heavy atom. The lowest BCUT2D eigenvalue weighted by atomic mass is 9.98. The third-order valence-corrected chi connectivity index (χ3v) is 4.90. The topological polar surface area (TPSA) is 78.9 Å². The fourth-order valence-electron chi connectivity index (χ4n) is 3.38. The van der Waals surface area contributed by atoms with Crippen LogP contribution in [0.2, 0.25) is 0 Å². The molecule has 0 aliphatic carbocycles. The Hall–Kier alpha value is -2.22. The second-order valence-corrected chi connectivity index (χ2v) is 8.48. The number of rotatable bonds is 4. The molecule has 1 amide bonds. The second-order valence-electron chi connectivity index (χ2n) is 7.88. The van der Waals surface area contributed by atoms with Crippen LogP contribution in [0.5, 0.6) is 0 Å². The van der Waals surface area contributed by atoms with E-state index in [9.17, 15) is 13.6 Å². The minimum Gasteiger partial charge on any atom is -0.750 e. The normalized spacial score (nSPS) is 18.5. The number of nitrogens with zero attached hydrogens (tertiary/aromatic N) is 1. The lowest BCUT2D eigenvalue weighted by molar-refractivity contribution is 0.0534. The molecule has 0 radical (unpaired) electrons. The molecule has 1 heterocycles. The predicted molar refractivity (Wildman–Crippen MR) is 107 cm³/mol. The van der Waals surface area contributed by atoms with Gasteiger partial charge in [0.1, 0.15) is 11.7 Å². The number of para-hydroxylation sites is 1. The highest BCUT2D eigenvalue weighted by Gasteiger charge is 2.42. The van der Waals surface area contributed by atoms with Crippen LogP contribution < -0.4 is 4.90 Å². The molecule has 2 aromatic carbocycles. The fourth-order valence-corrected chi connectivity index (χ4v) is 3.79. The summed E-state index contributed by atoms with van der Waals surface area (Å²) in [4.78, 5) is 14.5. The summed E-state index contributed by atoms with van der Waals surface area (Å²) in [7, 11) is 0. The van der Waals surface area contributed by atoms with E-state index < -0.39 is 35.2 Å². The molecular weight excluding hydrogens is 378 g/mol. The maximum Gasteiger partial charge on any atom is 0.415 e. The van der Waals surface area contributed by atoms with Crippen molar-refractivity contribution in [3.63, 3.8) is 0 Å². The van der Waals surface area contributed by atoms with Crippen LogP contribution in [0.15, 0.2) is 48.5 Å². The molecule has 0 fully saturated rings. The van der Waals surface area contributed by atoms with Gasteiger partial charge in [0.15, 0.2) is 0 Å². The summed E-state index contributed by atoms with van der Waals surface area (Å²) in [6.07, 6.45) is -0.913. The Morgan fingerprint density at radius 1 is 1.18 bits per heavy atom. The van der Waals surface area contributed by atoms with Crippen molar-refractivity contribution < 1.29 is 22.5 Å². The van der Waals surface area contributed by atoms with Gasteiger partial charge in [0, 0.05) is 0 Å². The monoisotopic (exact) mass is 402 g/mol. The predicted octanol–water partition coefficient (Wildman–Crippen LogP) is 4.21. The molecule has 2 aromatic rings. The number of carbonyl (C=O) groups is 1. The summed E-state index contributed by atoms with van der Waals surface area (Å²) in [5.41, 5.74) is 2.70. The van der Waals surface area contributed by atoms with E-state index in [1.54, 1.807) is 20.8 Å². The molecule has 0 spiro atoms. The van der Waals surface area contributed by atoms with Crippen molar-refractivity contribution in [1.29, 1.82) is 0 Å². The molecule has 6 nitrogen and oxygen atoms in total. The van der Waals surface area contributed by atoms with Crippen LogP contribution in [-0.2, 0) is 26.7 Å². The van der Waals surface area contributed by atoms with Gasteiger partial charge in [-0.2, -0.15) is 0 Å². The van der Waals surface area contributed by atoms with Crippen LogP contribution in [0.3, 0.4) is 0 Å². The molecule has 3 unspecified atom stereocenters. The van der Waals surface area contributed by atoms with Crippen molar-refractivity contribution in [2.24, 2.45) is 0 Å². The van der Waals surface area contributed by atoms with E-state index in [1.165, 1.54) is 4.90 Å². The first-order valence-corrected chi connectivity index (χ1v) is 10.1. The van der Waals surface area contributed by atoms with Crippen LogP contribution in [0.1, 0.15) is 43.6 Å². The number of fused-ring (bicyclic) bond motifs is 1. The Balaban J connectivity index is 2.03. The molecule has 28 heavy (non-hydrogen) atoms. The first-order chi connectivity index (χ1) is 13.2. The van der Waals surface area contributed by atoms with E-state index in [-0.39, 0.29) is 0 Å². The van der Waals surface area contributed by atoms with Crippen LogP contribution in [0.25, 0.3) is 0 Å². The molecule has 0 saturated heterocycles. The molecule has 0 N–H and O–H groups in total. The molecule has 3 atom stereocenters. The minimum atomic E-state index is -2.74. The average Bonchev–Trinajstić information content (AvgIpc) is 2.98. The number of anilines is 1. The number of carbonyl (C=O) groups excluding carboxylic acids is 1. The first-order valence-electron chi connectivity index (χ1n) is 9.09. The van der Waals surface area contributed by atoms with Gasteiger partial charge >= 0.3 is 6.09 Å². The second kappa shape index (κ2) is 8.03. The highest BCUT2D eigenvalue weighted by atomic mass is 32.2. The maximum absolute atomic E-state index is 13.0. The number of hydrogen-bond acceptors (Lipinski definition) is 5. The van der Waals surface area contributed by atoms with Crippen molar-refractivity contribution in [3.05, 3.63) is 65.2 Å². The molecule has 1 aliphatic rings. The van der Waals surface area contributed by atoms with Gasteiger partial charge in [-0.05, 0) is 51.3 Å². The van der Waals surface area contributed by atoms with Crippen molar-refractivity contribution in [3.8, 4) is 0 Å². The highest BCUT2D eigenvalue weighted by Crippen LogP contribution is 2.40. The van der Waals surface area contributed by atoms with Gasteiger partial charge in [-0.15, -0.1) is 0 Å². The fraction of sp³-hybridized carbons (Fsp3) is 0.381. The highest BCUT2D eigenvalue weighted by molar-refractivity contribution is 7.74. The number of amides is 1. The third kappa shape index (κ3) is 4.60. The van der Waals surface area contributed by atoms with Gasteiger partial charge in [-0.1, -0.05) is 48.0 Å². The van der Waals surface area contributed by atoms with Crippen LogP contribution in [0.4, 0.5) is 10.5 Å². The SMILES string of the molecule is Cc1ccc(C(OS(=O)[O-])C2Cc3ccccc3N2C(=O)OC(C)(C)C)cc1. The Kier molecular flexibility index (Phi) is 5.88. The van der Waals surface area contributed by atoms with E-state index in [0.29, 0.717) is 17.7 Å². The van der Waals surface area contributed by atoms with Gasteiger partial charge in [0.05, 0.1) is 23.1 Å². The number of aryl methyl sites for hydroxylation is 1. The Morgan fingerprint density at radius 2 is 1.82 bits per heavy atom. The van der Waals surface area contributed by atoms with Crippen LogP contribution >= 0.6 is 0 Å². The van der Waals surface area contributed by atoms with E-state index in [2.05, 4.69) is 0 Å². The first kappa shape index (κ1) is 20.5. The molecule has 7 heteroatoms. The van der Waals surface area contributed by atoms with Gasteiger partial charge in [0.25, 0.3) is 0 Å². The van der Waals surface area contributed by atoms with Crippen molar-refractivity contribution in [2.75, 3.05) is 4.90 Å². The van der Waals surface area contributed by atoms with Gasteiger partial charge in [-0.25, -0.2) is 9.00 Å². The summed E-state index contributed by atoms with van der Waals surface area (Å²) in [6, 6.07) is 14.4. The van der Waals surface area contributed by atoms with Crippen LogP contribution in [0, 0.1) is 6.92 Å². The maximum atomic E-state index is 13.0.